The van der Waals surface area contributed by atoms with E-state index in [4.69, 9.17) is 0 Å². The second kappa shape index (κ2) is 10.3. The molecule has 1 aliphatic heterocycles. The summed E-state index contributed by atoms with van der Waals surface area (Å²) in [6.45, 7) is 0. The minimum absolute atomic E-state index is 0.134. The summed E-state index contributed by atoms with van der Waals surface area (Å²) in [5.41, 5.74) is 0.932. The third-order valence-corrected chi connectivity index (χ3v) is 7.37. The van der Waals surface area contributed by atoms with Crippen LogP contribution >= 0.6 is 11.8 Å². The average molecular weight is 489 g/mol. The van der Waals surface area contributed by atoms with Gasteiger partial charge in [-0.1, -0.05) is 56.0 Å². The number of carbonyl (C=O) groups excluding carboxylic acids is 2. The summed E-state index contributed by atoms with van der Waals surface area (Å²) in [6, 6.07) is 10.2. The minimum atomic E-state index is -4.40. The monoisotopic (exact) mass is 488 g/mol. The molecule has 1 N–H and O–H groups in total. The molecule has 180 valence electrons. The number of hydrogen-bond acceptors (Lipinski definition) is 3. The van der Waals surface area contributed by atoms with E-state index in [9.17, 15) is 22.8 Å². The molecule has 0 bridgehead atoms. The van der Waals surface area contributed by atoms with Crippen LogP contribution in [0.1, 0.15) is 66.4 Å². The van der Waals surface area contributed by atoms with E-state index < -0.39 is 11.7 Å². The van der Waals surface area contributed by atoms with Gasteiger partial charge in [0.25, 0.3) is 11.8 Å². The van der Waals surface area contributed by atoms with Crippen molar-refractivity contribution in [3.8, 4) is 0 Å². The molecule has 1 saturated carbocycles. The maximum atomic E-state index is 12.9. The largest absolute Gasteiger partial charge is 0.416 e. The van der Waals surface area contributed by atoms with E-state index in [1.807, 2.05) is 6.07 Å². The quantitative estimate of drug-likeness (QED) is 0.492. The molecular weight excluding hydrogens is 461 g/mol. The van der Waals surface area contributed by atoms with Gasteiger partial charge in [0.05, 0.1) is 16.2 Å². The molecule has 2 aromatic carbocycles. The van der Waals surface area contributed by atoms with E-state index in [0.717, 1.165) is 42.7 Å². The van der Waals surface area contributed by atoms with Crippen LogP contribution in [-0.4, -0.2) is 24.9 Å². The highest BCUT2D eigenvalue weighted by atomic mass is 32.2. The molecule has 0 aromatic heterocycles. The first-order valence-electron chi connectivity index (χ1n) is 11.5. The van der Waals surface area contributed by atoms with Crippen molar-refractivity contribution in [2.45, 2.75) is 62.1 Å². The predicted octanol–water partition coefficient (Wildman–Crippen LogP) is 6.66. The van der Waals surface area contributed by atoms with Crippen molar-refractivity contribution in [1.29, 1.82) is 0 Å². The van der Waals surface area contributed by atoms with E-state index in [2.05, 4.69) is 5.32 Å². The zero-order valence-corrected chi connectivity index (χ0v) is 19.8. The smallest absolute Gasteiger partial charge is 0.349 e. The highest BCUT2D eigenvalue weighted by Gasteiger charge is 2.30. The molecule has 1 aliphatic carbocycles. The van der Waals surface area contributed by atoms with Crippen molar-refractivity contribution in [3.05, 3.63) is 64.1 Å². The van der Waals surface area contributed by atoms with Crippen molar-refractivity contribution in [2.75, 3.05) is 11.9 Å². The van der Waals surface area contributed by atoms with Gasteiger partial charge in [-0.05, 0) is 54.8 Å². The SMILES string of the molecule is CN1C(=O)C(=Cc2ccc(C(F)(F)F)cc2)Sc2ccc(C(=O)NC3CCCCCCC3)cc21. The molecule has 2 aromatic rings. The number of nitrogens with one attached hydrogen (secondary N) is 1. The van der Waals surface area contributed by atoms with Crippen molar-refractivity contribution in [3.63, 3.8) is 0 Å². The predicted molar refractivity (Wildman–Crippen MR) is 129 cm³/mol. The van der Waals surface area contributed by atoms with Gasteiger partial charge in [-0.2, -0.15) is 13.2 Å². The summed E-state index contributed by atoms with van der Waals surface area (Å²) in [4.78, 5) is 28.5. The van der Waals surface area contributed by atoms with Crippen molar-refractivity contribution in [2.24, 2.45) is 0 Å². The number of benzene rings is 2. The zero-order chi connectivity index (χ0) is 24.3. The molecule has 0 unspecified atom stereocenters. The van der Waals surface area contributed by atoms with Crippen LogP contribution in [-0.2, 0) is 11.0 Å². The number of amides is 2. The molecule has 0 atom stereocenters. The topological polar surface area (TPSA) is 49.4 Å². The standard InChI is InChI=1S/C26H27F3N2O2S/c1-31-21-16-18(24(32)30-20-7-5-3-2-4-6-8-20)11-14-22(21)34-23(25(31)33)15-17-9-12-19(13-10-17)26(27,28)29/h9-16,20H,2-8H2,1H3,(H,30,32). The maximum Gasteiger partial charge on any atom is 0.416 e. The average Bonchev–Trinajstić information content (AvgIpc) is 2.78. The summed E-state index contributed by atoms with van der Waals surface area (Å²) in [5, 5.41) is 3.15. The number of carbonyl (C=O) groups is 2. The Balaban J connectivity index is 1.50. The fourth-order valence-corrected chi connectivity index (χ4v) is 5.42. The number of rotatable bonds is 3. The van der Waals surface area contributed by atoms with Crippen LogP contribution in [0.15, 0.2) is 52.3 Å². The first kappa shape index (κ1) is 24.4. The van der Waals surface area contributed by atoms with E-state index in [1.54, 1.807) is 25.3 Å². The lowest BCUT2D eigenvalue weighted by Gasteiger charge is -2.27. The molecule has 0 spiro atoms. The number of likely N-dealkylation sites (N-methyl/N-ethyl adjacent to an activating group) is 1. The van der Waals surface area contributed by atoms with Crippen LogP contribution in [0.25, 0.3) is 6.08 Å². The molecule has 0 saturated heterocycles. The van der Waals surface area contributed by atoms with Crippen LogP contribution in [0.5, 0.6) is 0 Å². The van der Waals surface area contributed by atoms with Gasteiger partial charge >= 0.3 is 6.18 Å². The Morgan fingerprint density at radius 2 is 1.68 bits per heavy atom. The number of thioether (sulfide) groups is 1. The van der Waals surface area contributed by atoms with Gasteiger partial charge in [0, 0.05) is 23.5 Å². The summed E-state index contributed by atoms with van der Waals surface area (Å²) in [5.74, 6) is -0.403. The third kappa shape index (κ3) is 5.66. The minimum Gasteiger partial charge on any atom is -0.349 e. The molecule has 1 heterocycles. The Kier molecular flexibility index (Phi) is 7.36. The van der Waals surface area contributed by atoms with E-state index in [1.165, 1.54) is 48.1 Å². The highest BCUT2D eigenvalue weighted by Crippen LogP contribution is 2.42. The molecule has 2 aliphatic rings. The molecule has 0 radical (unpaired) electrons. The van der Waals surface area contributed by atoms with E-state index >= 15 is 0 Å². The van der Waals surface area contributed by atoms with Gasteiger partial charge in [0.1, 0.15) is 0 Å². The van der Waals surface area contributed by atoms with Crippen LogP contribution in [0.2, 0.25) is 0 Å². The first-order valence-corrected chi connectivity index (χ1v) is 12.3. The van der Waals surface area contributed by atoms with E-state index in [-0.39, 0.29) is 17.9 Å². The van der Waals surface area contributed by atoms with Crippen LogP contribution in [0, 0.1) is 0 Å². The van der Waals surface area contributed by atoms with Crippen molar-refractivity contribution >= 4 is 35.3 Å². The fraction of sp³-hybridized carbons (Fsp3) is 0.385. The number of nitrogens with zero attached hydrogens (tertiary/aromatic N) is 1. The lowest BCUT2D eigenvalue weighted by Crippen LogP contribution is -2.35. The third-order valence-electron chi connectivity index (χ3n) is 6.29. The van der Waals surface area contributed by atoms with Gasteiger partial charge in [-0.25, -0.2) is 0 Å². The van der Waals surface area contributed by atoms with Crippen LogP contribution < -0.4 is 10.2 Å². The van der Waals surface area contributed by atoms with Gasteiger partial charge in [0.15, 0.2) is 0 Å². The van der Waals surface area contributed by atoms with Crippen LogP contribution in [0.4, 0.5) is 18.9 Å². The first-order chi connectivity index (χ1) is 16.2. The number of hydrogen-bond donors (Lipinski definition) is 1. The summed E-state index contributed by atoms with van der Waals surface area (Å²) in [7, 11) is 1.64. The Hall–Kier alpha value is -2.74. The molecule has 34 heavy (non-hydrogen) atoms. The van der Waals surface area contributed by atoms with Crippen LogP contribution in [0.3, 0.4) is 0 Å². The Labute approximate surface area is 201 Å². The molecular formula is C26H27F3N2O2S. The number of anilines is 1. The Morgan fingerprint density at radius 3 is 2.32 bits per heavy atom. The number of halogens is 3. The fourth-order valence-electron chi connectivity index (χ4n) is 4.32. The highest BCUT2D eigenvalue weighted by molar-refractivity contribution is 8.04. The Morgan fingerprint density at radius 1 is 1.03 bits per heavy atom. The second-order valence-electron chi connectivity index (χ2n) is 8.79. The van der Waals surface area contributed by atoms with Gasteiger partial charge in [0.2, 0.25) is 0 Å². The number of alkyl halides is 3. The van der Waals surface area contributed by atoms with E-state index in [0.29, 0.717) is 21.7 Å². The van der Waals surface area contributed by atoms with Gasteiger partial charge < -0.3 is 10.2 Å². The second-order valence-corrected chi connectivity index (χ2v) is 9.88. The van der Waals surface area contributed by atoms with Crippen molar-refractivity contribution in [1.82, 2.24) is 5.32 Å². The Bertz CT molecular complexity index is 1090. The molecule has 2 amide bonds. The van der Waals surface area contributed by atoms with Gasteiger partial charge in [-0.3, -0.25) is 9.59 Å². The molecule has 1 fully saturated rings. The summed E-state index contributed by atoms with van der Waals surface area (Å²) < 4.78 is 38.4. The number of fused-ring (bicyclic) bond motifs is 1. The summed E-state index contributed by atoms with van der Waals surface area (Å²) >= 11 is 1.25. The molecule has 4 rings (SSSR count). The molecule has 8 heteroatoms. The van der Waals surface area contributed by atoms with Gasteiger partial charge in [-0.15, -0.1) is 0 Å². The molecule has 4 nitrogen and oxygen atoms in total. The lowest BCUT2D eigenvalue weighted by atomic mass is 9.96. The normalized spacial score (nSPS) is 18.9. The lowest BCUT2D eigenvalue weighted by molar-refractivity contribution is -0.137. The summed E-state index contributed by atoms with van der Waals surface area (Å²) in [6.07, 6.45) is 5.08. The maximum absolute atomic E-state index is 12.9. The van der Waals surface area contributed by atoms with Crippen molar-refractivity contribution < 1.29 is 22.8 Å². The zero-order valence-electron chi connectivity index (χ0n) is 19.0.